The Kier molecular flexibility index (Phi) is 4.72. The molecule has 2 rings (SSSR count). The highest BCUT2D eigenvalue weighted by Crippen LogP contribution is 2.33. The third-order valence-electron chi connectivity index (χ3n) is 5.02. The fourth-order valence-electron chi connectivity index (χ4n) is 3.57. The fourth-order valence-corrected chi connectivity index (χ4v) is 3.57. The summed E-state index contributed by atoms with van der Waals surface area (Å²) in [7, 11) is 0. The lowest BCUT2D eigenvalue weighted by atomic mass is 9.85. The van der Waals surface area contributed by atoms with Crippen molar-refractivity contribution in [1.82, 2.24) is 4.90 Å². The van der Waals surface area contributed by atoms with Gasteiger partial charge in [0.2, 0.25) is 0 Å². The minimum Gasteiger partial charge on any atom is -0.463 e. The summed E-state index contributed by atoms with van der Waals surface area (Å²) in [5.41, 5.74) is -1.81. The fraction of sp³-hybridized carbons (Fsp3) is 0.933. The summed E-state index contributed by atoms with van der Waals surface area (Å²) >= 11 is 0. The Bertz CT molecular complexity index is 348. The third kappa shape index (κ3) is 2.71. The van der Waals surface area contributed by atoms with Gasteiger partial charge in [-0.15, -0.1) is 0 Å². The van der Waals surface area contributed by atoms with Gasteiger partial charge < -0.3 is 14.9 Å². The first-order valence-corrected chi connectivity index (χ1v) is 7.69. The number of fused-ring (bicyclic) bond motifs is 1. The van der Waals surface area contributed by atoms with Gasteiger partial charge in [0, 0.05) is 12.0 Å². The number of rotatable bonds is 5. The number of aliphatic hydroxyl groups excluding tert-OH is 1. The predicted octanol–water partition coefficient (Wildman–Crippen LogP) is 0.782. The van der Waals surface area contributed by atoms with Crippen molar-refractivity contribution in [3.8, 4) is 0 Å². The molecule has 2 saturated heterocycles. The molecule has 2 aliphatic rings. The second-order valence-corrected chi connectivity index (χ2v) is 6.55. The summed E-state index contributed by atoms with van der Waals surface area (Å²) < 4.78 is 5.35. The van der Waals surface area contributed by atoms with Crippen LogP contribution in [0.1, 0.15) is 40.0 Å². The summed E-state index contributed by atoms with van der Waals surface area (Å²) in [6.45, 7) is 7.43. The van der Waals surface area contributed by atoms with Gasteiger partial charge in [-0.05, 0) is 45.2 Å². The van der Waals surface area contributed by atoms with E-state index >= 15 is 0 Å². The quantitative estimate of drug-likeness (QED) is 0.731. The Labute approximate surface area is 120 Å². The van der Waals surface area contributed by atoms with Crippen LogP contribution in [0.3, 0.4) is 0 Å². The molecule has 0 saturated carbocycles. The number of ether oxygens (including phenoxy) is 1. The number of carbonyl (C=O) groups excluding carboxylic acids is 1. The van der Waals surface area contributed by atoms with Gasteiger partial charge >= 0.3 is 5.97 Å². The molecule has 0 spiro atoms. The molecule has 0 aliphatic carbocycles. The summed E-state index contributed by atoms with van der Waals surface area (Å²) in [5.74, 6) is -0.715. The molecule has 5 heteroatoms. The van der Waals surface area contributed by atoms with Crippen LogP contribution in [-0.4, -0.2) is 58.5 Å². The van der Waals surface area contributed by atoms with Gasteiger partial charge in [0.15, 0.2) is 5.60 Å². The van der Waals surface area contributed by atoms with Crippen LogP contribution >= 0.6 is 0 Å². The van der Waals surface area contributed by atoms with Crippen LogP contribution in [0, 0.1) is 11.8 Å². The van der Waals surface area contributed by atoms with E-state index in [1.54, 1.807) is 13.8 Å². The second kappa shape index (κ2) is 6.00. The normalized spacial score (nSPS) is 31.1. The van der Waals surface area contributed by atoms with E-state index in [1.165, 1.54) is 19.8 Å². The maximum Gasteiger partial charge on any atom is 0.341 e. The highest BCUT2D eigenvalue weighted by molar-refractivity contribution is 5.80. The van der Waals surface area contributed by atoms with Crippen LogP contribution < -0.4 is 0 Å². The lowest BCUT2D eigenvalue weighted by Gasteiger charge is -2.33. The highest BCUT2D eigenvalue weighted by atomic mass is 16.6. The zero-order valence-corrected chi connectivity index (χ0v) is 12.7. The molecule has 0 bridgehead atoms. The number of hydrogen-bond donors (Lipinski definition) is 2. The standard InChI is InChI=1S/C15H27NO4/c1-10(2)15(19,11(3)17)14(18)20-9-12-6-8-16-7-4-5-13(12)16/h10-13,17,19H,4-9H2,1-3H3/t11-,12+,13?,15-/m1/s1. The van der Waals surface area contributed by atoms with Gasteiger partial charge in [-0.25, -0.2) is 4.79 Å². The molecule has 0 amide bonds. The van der Waals surface area contributed by atoms with Gasteiger partial charge in [-0.3, -0.25) is 4.90 Å². The van der Waals surface area contributed by atoms with E-state index in [1.807, 2.05) is 0 Å². The van der Waals surface area contributed by atoms with E-state index in [4.69, 9.17) is 4.74 Å². The van der Waals surface area contributed by atoms with Crippen LogP contribution in [0.2, 0.25) is 0 Å². The molecule has 1 unspecified atom stereocenters. The Morgan fingerprint density at radius 2 is 2.05 bits per heavy atom. The van der Waals surface area contributed by atoms with Crippen LogP contribution in [0.5, 0.6) is 0 Å². The van der Waals surface area contributed by atoms with E-state index in [0.717, 1.165) is 19.5 Å². The number of esters is 1. The van der Waals surface area contributed by atoms with E-state index < -0.39 is 17.7 Å². The van der Waals surface area contributed by atoms with Crippen LogP contribution in [0.25, 0.3) is 0 Å². The van der Waals surface area contributed by atoms with Crippen LogP contribution in [-0.2, 0) is 9.53 Å². The first-order valence-electron chi connectivity index (χ1n) is 7.69. The van der Waals surface area contributed by atoms with Gasteiger partial charge in [0.25, 0.3) is 0 Å². The third-order valence-corrected chi connectivity index (χ3v) is 5.02. The lowest BCUT2D eigenvalue weighted by molar-refractivity contribution is -0.186. The molecular weight excluding hydrogens is 258 g/mol. The molecule has 0 aromatic carbocycles. The van der Waals surface area contributed by atoms with E-state index in [0.29, 0.717) is 18.6 Å². The summed E-state index contributed by atoms with van der Waals surface area (Å²) in [5, 5.41) is 20.1. The van der Waals surface area contributed by atoms with Crippen LogP contribution in [0.15, 0.2) is 0 Å². The number of nitrogens with zero attached hydrogens (tertiary/aromatic N) is 1. The molecule has 4 atom stereocenters. The average Bonchev–Trinajstić information content (AvgIpc) is 2.97. The molecule has 20 heavy (non-hydrogen) atoms. The van der Waals surface area contributed by atoms with Crippen molar-refractivity contribution >= 4 is 5.97 Å². The van der Waals surface area contributed by atoms with Gasteiger partial charge in [0.1, 0.15) is 0 Å². The average molecular weight is 285 g/mol. The van der Waals surface area contributed by atoms with Crippen molar-refractivity contribution in [3.63, 3.8) is 0 Å². The van der Waals surface area contributed by atoms with Crippen molar-refractivity contribution in [2.75, 3.05) is 19.7 Å². The van der Waals surface area contributed by atoms with Crippen molar-refractivity contribution in [3.05, 3.63) is 0 Å². The molecule has 0 radical (unpaired) electrons. The number of carbonyl (C=O) groups is 1. The van der Waals surface area contributed by atoms with Crippen molar-refractivity contribution in [1.29, 1.82) is 0 Å². The lowest BCUT2D eigenvalue weighted by Crippen LogP contribution is -2.53. The topological polar surface area (TPSA) is 70.0 Å². The minimum atomic E-state index is -1.81. The largest absolute Gasteiger partial charge is 0.463 e. The molecule has 0 aromatic heterocycles. The SMILES string of the molecule is CC(C)[C@](O)(C(=O)OC[C@@H]1CCN2CCCC12)[C@@H](C)O. The van der Waals surface area contributed by atoms with Gasteiger partial charge in [-0.1, -0.05) is 13.8 Å². The van der Waals surface area contributed by atoms with Crippen molar-refractivity contribution < 1.29 is 19.7 Å². The smallest absolute Gasteiger partial charge is 0.341 e. The molecule has 5 nitrogen and oxygen atoms in total. The summed E-state index contributed by atoms with van der Waals surface area (Å²) in [4.78, 5) is 14.6. The summed E-state index contributed by atoms with van der Waals surface area (Å²) in [6.07, 6.45) is 2.31. The maximum atomic E-state index is 12.2. The van der Waals surface area contributed by atoms with E-state index in [-0.39, 0.29) is 5.92 Å². The molecule has 2 N–H and O–H groups in total. The Morgan fingerprint density at radius 3 is 2.65 bits per heavy atom. The summed E-state index contributed by atoms with van der Waals surface area (Å²) in [6, 6.07) is 0.529. The molecule has 2 heterocycles. The van der Waals surface area contributed by atoms with E-state index in [9.17, 15) is 15.0 Å². The van der Waals surface area contributed by atoms with Crippen LogP contribution in [0.4, 0.5) is 0 Å². The Morgan fingerprint density at radius 1 is 1.35 bits per heavy atom. The second-order valence-electron chi connectivity index (χ2n) is 6.55. The number of hydrogen-bond acceptors (Lipinski definition) is 5. The monoisotopic (exact) mass is 285 g/mol. The highest BCUT2D eigenvalue weighted by Gasteiger charge is 2.46. The maximum absolute atomic E-state index is 12.2. The molecule has 0 aromatic rings. The Balaban J connectivity index is 1.91. The first kappa shape index (κ1) is 15.7. The van der Waals surface area contributed by atoms with Crippen molar-refractivity contribution in [2.24, 2.45) is 11.8 Å². The molecule has 2 fully saturated rings. The number of aliphatic hydroxyl groups is 2. The predicted molar refractivity (Wildman–Crippen MR) is 75.1 cm³/mol. The van der Waals surface area contributed by atoms with Gasteiger partial charge in [-0.2, -0.15) is 0 Å². The molecule has 116 valence electrons. The van der Waals surface area contributed by atoms with E-state index in [2.05, 4.69) is 4.90 Å². The Hall–Kier alpha value is -0.650. The zero-order valence-electron chi connectivity index (χ0n) is 12.7. The molecule has 2 aliphatic heterocycles. The first-order chi connectivity index (χ1) is 9.37. The van der Waals surface area contributed by atoms with Gasteiger partial charge in [0.05, 0.1) is 12.7 Å². The van der Waals surface area contributed by atoms with Crippen molar-refractivity contribution in [2.45, 2.75) is 57.8 Å². The zero-order chi connectivity index (χ0) is 14.9. The minimum absolute atomic E-state index is 0.349. The molecular formula is C15H27NO4.